The summed E-state index contributed by atoms with van der Waals surface area (Å²) in [4.78, 5) is 20.9. The molecule has 0 saturated carbocycles. The van der Waals surface area contributed by atoms with Crippen LogP contribution in [0, 0.1) is 0 Å². The minimum absolute atomic E-state index is 0.182. The molecule has 0 bridgehead atoms. The van der Waals surface area contributed by atoms with Crippen molar-refractivity contribution < 1.29 is 4.79 Å². The Bertz CT molecular complexity index is 492. The lowest BCUT2D eigenvalue weighted by Gasteiger charge is -2.35. The first-order chi connectivity index (χ1) is 10.8. The summed E-state index contributed by atoms with van der Waals surface area (Å²) in [5, 5.41) is 0. The van der Waals surface area contributed by atoms with Gasteiger partial charge in [0.25, 0.3) is 0 Å². The summed E-state index contributed by atoms with van der Waals surface area (Å²) >= 11 is 0. The smallest absolute Gasteiger partial charge is 0.219 e. The number of amides is 1. The first-order valence-corrected chi connectivity index (χ1v) is 8.74. The molecule has 0 radical (unpaired) electrons. The second kappa shape index (κ2) is 7.12. The van der Waals surface area contributed by atoms with E-state index in [1.165, 1.54) is 37.7 Å². The summed E-state index contributed by atoms with van der Waals surface area (Å²) in [6.07, 6.45) is 10.6. The van der Waals surface area contributed by atoms with Gasteiger partial charge in [0.2, 0.25) is 5.91 Å². The quantitative estimate of drug-likeness (QED) is 0.838. The fourth-order valence-corrected chi connectivity index (χ4v) is 3.74. The van der Waals surface area contributed by atoms with Crippen molar-refractivity contribution in [3.63, 3.8) is 0 Å². The third kappa shape index (κ3) is 3.42. The second-order valence-corrected chi connectivity index (χ2v) is 6.57. The molecule has 1 atom stereocenters. The van der Waals surface area contributed by atoms with Crippen molar-refractivity contribution in [1.82, 2.24) is 9.88 Å². The van der Waals surface area contributed by atoms with Crippen molar-refractivity contribution in [2.24, 2.45) is 0 Å². The number of likely N-dealkylation sites (tertiary alicyclic amines) is 1. The molecule has 3 heterocycles. The summed E-state index contributed by atoms with van der Waals surface area (Å²) in [5.74, 6) is 1.28. The molecule has 1 aromatic rings. The Morgan fingerprint density at radius 2 is 1.77 bits per heavy atom. The molecule has 120 valence electrons. The van der Waals surface area contributed by atoms with Crippen LogP contribution in [0.3, 0.4) is 0 Å². The van der Waals surface area contributed by atoms with Crippen LogP contribution in [0.15, 0.2) is 18.3 Å². The van der Waals surface area contributed by atoms with E-state index in [0.29, 0.717) is 0 Å². The lowest BCUT2D eigenvalue weighted by Crippen LogP contribution is -2.37. The molecular formula is C18H27N3O. The predicted octanol–water partition coefficient (Wildman–Crippen LogP) is 3.54. The molecule has 0 spiro atoms. The Hall–Kier alpha value is -1.58. The minimum atomic E-state index is 0.182. The molecule has 2 aliphatic heterocycles. The number of hydrogen-bond acceptors (Lipinski definition) is 3. The zero-order valence-electron chi connectivity index (χ0n) is 13.6. The van der Waals surface area contributed by atoms with Crippen molar-refractivity contribution in [3.05, 3.63) is 23.9 Å². The Morgan fingerprint density at radius 1 is 1.05 bits per heavy atom. The van der Waals surface area contributed by atoms with E-state index in [-0.39, 0.29) is 11.9 Å². The molecule has 2 saturated heterocycles. The Balaban J connectivity index is 1.73. The topological polar surface area (TPSA) is 36.4 Å². The number of aromatic nitrogens is 1. The number of nitrogens with zero attached hydrogens (tertiary/aromatic N) is 3. The number of rotatable bonds is 2. The van der Waals surface area contributed by atoms with Crippen LogP contribution in [-0.2, 0) is 4.79 Å². The lowest BCUT2D eigenvalue weighted by molar-refractivity contribution is -0.132. The van der Waals surface area contributed by atoms with E-state index >= 15 is 0 Å². The third-order valence-electron chi connectivity index (χ3n) is 4.99. The standard InChI is InChI=1S/C18H27N3O/c1-15(22)21-13-7-4-8-17(21)16-9-10-18(19-14-16)20-11-5-2-3-6-12-20/h9-10,14,17H,2-8,11-13H2,1H3/t17-/m0/s1. The van der Waals surface area contributed by atoms with Crippen molar-refractivity contribution in [1.29, 1.82) is 0 Å². The van der Waals surface area contributed by atoms with E-state index in [4.69, 9.17) is 4.98 Å². The fourth-order valence-electron chi connectivity index (χ4n) is 3.74. The summed E-state index contributed by atoms with van der Waals surface area (Å²) in [7, 11) is 0. The normalized spacial score (nSPS) is 23.2. The summed E-state index contributed by atoms with van der Waals surface area (Å²) < 4.78 is 0. The fraction of sp³-hybridized carbons (Fsp3) is 0.667. The first-order valence-electron chi connectivity index (χ1n) is 8.74. The van der Waals surface area contributed by atoms with Gasteiger partial charge in [-0.1, -0.05) is 18.9 Å². The molecule has 2 aliphatic rings. The number of hydrogen-bond donors (Lipinski definition) is 0. The van der Waals surface area contributed by atoms with E-state index in [0.717, 1.165) is 38.3 Å². The highest BCUT2D eigenvalue weighted by Crippen LogP contribution is 2.31. The first kappa shape index (κ1) is 15.3. The monoisotopic (exact) mass is 301 g/mol. The van der Waals surface area contributed by atoms with Gasteiger partial charge in [0.15, 0.2) is 0 Å². The van der Waals surface area contributed by atoms with Gasteiger partial charge in [-0.05, 0) is 43.7 Å². The molecule has 1 aromatic heterocycles. The Kier molecular flexibility index (Phi) is 4.96. The van der Waals surface area contributed by atoms with E-state index in [2.05, 4.69) is 17.0 Å². The van der Waals surface area contributed by atoms with Gasteiger partial charge in [-0.15, -0.1) is 0 Å². The number of pyridine rings is 1. The van der Waals surface area contributed by atoms with Crippen LogP contribution in [0.5, 0.6) is 0 Å². The van der Waals surface area contributed by atoms with E-state index in [1.807, 2.05) is 11.1 Å². The molecule has 3 rings (SSSR count). The highest BCUT2D eigenvalue weighted by atomic mass is 16.2. The van der Waals surface area contributed by atoms with Crippen LogP contribution in [0.4, 0.5) is 5.82 Å². The zero-order valence-corrected chi connectivity index (χ0v) is 13.6. The van der Waals surface area contributed by atoms with Gasteiger partial charge in [-0.2, -0.15) is 0 Å². The molecule has 4 nitrogen and oxygen atoms in total. The molecule has 2 fully saturated rings. The van der Waals surface area contributed by atoms with E-state index in [1.54, 1.807) is 6.92 Å². The number of carbonyl (C=O) groups is 1. The van der Waals surface area contributed by atoms with Crippen LogP contribution >= 0.6 is 0 Å². The highest BCUT2D eigenvalue weighted by molar-refractivity contribution is 5.74. The molecule has 0 aliphatic carbocycles. The van der Waals surface area contributed by atoms with Gasteiger partial charge in [0.1, 0.15) is 5.82 Å². The Morgan fingerprint density at radius 3 is 2.41 bits per heavy atom. The third-order valence-corrected chi connectivity index (χ3v) is 4.99. The number of anilines is 1. The average molecular weight is 301 g/mol. The maximum absolute atomic E-state index is 11.8. The average Bonchev–Trinajstić information content (AvgIpc) is 2.84. The van der Waals surface area contributed by atoms with Crippen LogP contribution in [-0.4, -0.2) is 35.4 Å². The summed E-state index contributed by atoms with van der Waals surface area (Å²) in [6.45, 7) is 4.80. The SMILES string of the molecule is CC(=O)N1CCCC[C@H]1c1ccc(N2CCCCCC2)nc1. The van der Waals surface area contributed by atoms with Crippen LogP contribution in [0.1, 0.15) is 63.5 Å². The molecule has 22 heavy (non-hydrogen) atoms. The molecule has 0 N–H and O–H groups in total. The van der Waals surface area contributed by atoms with Gasteiger partial charge in [0.05, 0.1) is 6.04 Å². The lowest BCUT2D eigenvalue weighted by atomic mass is 9.96. The van der Waals surface area contributed by atoms with E-state index < -0.39 is 0 Å². The summed E-state index contributed by atoms with van der Waals surface area (Å²) in [6, 6.07) is 4.55. The summed E-state index contributed by atoms with van der Waals surface area (Å²) in [5.41, 5.74) is 1.19. The maximum atomic E-state index is 11.8. The number of carbonyl (C=O) groups excluding carboxylic acids is 1. The van der Waals surface area contributed by atoms with Crippen LogP contribution < -0.4 is 4.90 Å². The van der Waals surface area contributed by atoms with Gasteiger partial charge in [-0.25, -0.2) is 4.98 Å². The van der Waals surface area contributed by atoms with Crippen molar-refractivity contribution >= 4 is 11.7 Å². The molecular weight excluding hydrogens is 274 g/mol. The van der Waals surface area contributed by atoms with Gasteiger partial charge in [-0.3, -0.25) is 4.79 Å². The molecule has 0 unspecified atom stereocenters. The van der Waals surface area contributed by atoms with Crippen LogP contribution in [0.25, 0.3) is 0 Å². The van der Waals surface area contributed by atoms with E-state index in [9.17, 15) is 4.79 Å². The Labute approximate surface area is 133 Å². The second-order valence-electron chi connectivity index (χ2n) is 6.57. The molecule has 0 aromatic carbocycles. The zero-order chi connectivity index (χ0) is 15.4. The van der Waals surface area contributed by atoms with Crippen molar-refractivity contribution in [3.8, 4) is 0 Å². The molecule has 4 heteroatoms. The van der Waals surface area contributed by atoms with Gasteiger partial charge >= 0.3 is 0 Å². The maximum Gasteiger partial charge on any atom is 0.219 e. The molecule has 1 amide bonds. The number of piperidine rings is 1. The largest absolute Gasteiger partial charge is 0.357 e. The van der Waals surface area contributed by atoms with Crippen LogP contribution in [0.2, 0.25) is 0 Å². The van der Waals surface area contributed by atoms with Crippen molar-refractivity contribution in [2.45, 2.75) is 57.9 Å². The highest BCUT2D eigenvalue weighted by Gasteiger charge is 2.26. The minimum Gasteiger partial charge on any atom is -0.357 e. The van der Waals surface area contributed by atoms with Gasteiger partial charge in [0, 0.05) is 32.8 Å². The predicted molar refractivity (Wildman–Crippen MR) is 88.9 cm³/mol. The van der Waals surface area contributed by atoms with Crippen molar-refractivity contribution in [2.75, 3.05) is 24.5 Å². The van der Waals surface area contributed by atoms with Gasteiger partial charge < -0.3 is 9.80 Å².